The second-order valence-electron chi connectivity index (χ2n) is 3.93. The molecule has 92 valence electrons. The molecule has 0 radical (unpaired) electrons. The highest BCUT2D eigenvalue weighted by Gasteiger charge is 2.21. The van der Waals surface area contributed by atoms with E-state index in [-0.39, 0.29) is 12.5 Å². The number of hydrogen-bond acceptors (Lipinski definition) is 3. The highest BCUT2D eigenvalue weighted by molar-refractivity contribution is 6.17. The number of anilines is 1. The van der Waals surface area contributed by atoms with E-state index < -0.39 is 0 Å². The highest BCUT2D eigenvalue weighted by Crippen LogP contribution is 2.31. The number of likely N-dealkylation sites (N-methyl/N-ethyl adjacent to an activating group) is 1. The Morgan fingerprint density at radius 1 is 1.53 bits per heavy atom. The summed E-state index contributed by atoms with van der Waals surface area (Å²) in [6, 6.07) is 6.36. The number of benzene rings is 1. The average molecular weight is 255 g/mol. The zero-order chi connectivity index (χ0) is 12.3. The van der Waals surface area contributed by atoms with Crippen molar-refractivity contribution in [3.8, 4) is 5.75 Å². The minimum absolute atomic E-state index is 0.0199. The molecule has 0 fully saturated rings. The lowest BCUT2D eigenvalue weighted by Gasteiger charge is -2.26. The van der Waals surface area contributed by atoms with Crippen molar-refractivity contribution in [3.05, 3.63) is 23.8 Å². The zero-order valence-corrected chi connectivity index (χ0v) is 10.5. The van der Waals surface area contributed by atoms with Crippen molar-refractivity contribution in [2.45, 2.75) is 6.42 Å². The number of carbonyl (C=O) groups is 1. The fourth-order valence-electron chi connectivity index (χ4n) is 1.77. The van der Waals surface area contributed by atoms with E-state index in [9.17, 15) is 4.79 Å². The Hall–Kier alpha value is -1.26. The van der Waals surface area contributed by atoms with Crippen molar-refractivity contribution < 1.29 is 9.53 Å². The lowest BCUT2D eigenvalue weighted by molar-refractivity contribution is -0.120. The smallest absolute Gasteiger partial charge is 0.264 e. The fraction of sp³-hybridized carbons (Fsp3) is 0.417. The van der Waals surface area contributed by atoms with Gasteiger partial charge in [0.25, 0.3) is 5.91 Å². The summed E-state index contributed by atoms with van der Waals surface area (Å²) in [7, 11) is 1.77. The van der Waals surface area contributed by atoms with Crippen molar-refractivity contribution in [1.82, 2.24) is 5.32 Å². The molecule has 5 heteroatoms. The van der Waals surface area contributed by atoms with E-state index in [1.165, 1.54) is 0 Å². The monoisotopic (exact) mass is 254 g/mol. The second kappa shape index (κ2) is 5.38. The topological polar surface area (TPSA) is 41.6 Å². The SMILES string of the molecule is CN1C(=O)COc2ccc(CCNCCl)cc21. The number of hydrogen-bond donors (Lipinski definition) is 1. The first-order chi connectivity index (χ1) is 8.22. The number of amides is 1. The molecule has 1 aromatic carbocycles. The predicted octanol–water partition coefficient (Wildman–Crippen LogP) is 1.37. The quantitative estimate of drug-likeness (QED) is 0.501. The van der Waals surface area contributed by atoms with Gasteiger partial charge >= 0.3 is 0 Å². The molecular formula is C12H15ClN2O2. The third-order valence-electron chi connectivity index (χ3n) is 2.79. The van der Waals surface area contributed by atoms with Crippen molar-refractivity contribution >= 4 is 23.2 Å². The Morgan fingerprint density at radius 3 is 3.12 bits per heavy atom. The summed E-state index contributed by atoms with van der Waals surface area (Å²) in [5.41, 5.74) is 2.00. The van der Waals surface area contributed by atoms with E-state index in [4.69, 9.17) is 16.3 Å². The number of alkyl halides is 1. The first kappa shape index (κ1) is 12.2. The van der Waals surface area contributed by atoms with Crippen LogP contribution in [0, 0.1) is 0 Å². The molecule has 1 N–H and O–H groups in total. The van der Waals surface area contributed by atoms with Crippen LogP contribution in [0.4, 0.5) is 5.69 Å². The summed E-state index contributed by atoms with van der Waals surface area (Å²) in [5, 5.41) is 3.05. The van der Waals surface area contributed by atoms with E-state index >= 15 is 0 Å². The van der Waals surface area contributed by atoms with Crippen LogP contribution in [0.15, 0.2) is 18.2 Å². The van der Waals surface area contributed by atoms with Gasteiger partial charge in [-0.25, -0.2) is 0 Å². The summed E-state index contributed by atoms with van der Waals surface area (Å²) in [4.78, 5) is 13.1. The normalized spacial score (nSPS) is 14.5. The Morgan fingerprint density at radius 2 is 2.35 bits per heavy atom. The highest BCUT2D eigenvalue weighted by atomic mass is 35.5. The van der Waals surface area contributed by atoms with Crippen LogP contribution in [-0.2, 0) is 11.2 Å². The van der Waals surface area contributed by atoms with Crippen molar-refractivity contribution in [2.24, 2.45) is 0 Å². The van der Waals surface area contributed by atoms with Gasteiger partial charge < -0.3 is 15.0 Å². The molecule has 4 nitrogen and oxygen atoms in total. The first-order valence-electron chi connectivity index (χ1n) is 5.51. The molecule has 0 saturated carbocycles. The van der Waals surface area contributed by atoms with Crippen molar-refractivity contribution in [1.29, 1.82) is 0 Å². The van der Waals surface area contributed by atoms with Gasteiger partial charge in [-0.1, -0.05) is 6.07 Å². The molecule has 1 amide bonds. The van der Waals surface area contributed by atoms with Gasteiger partial charge in [0.15, 0.2) is 6.61 Å². The molecule has 0 bridgehead atoms. The van der Waals surface area contributed by atoms with Crippen LogP contribution in [0.1, 0.15) is 5.56 Å². The number of ether oxygens (including phenoxy) is 1. The lowest BCUT2D eigenvalue weighted by atomic mass is 10.1. The molecule has 1 aliphatic heterocycles. The van der Waals surface area contributed by atoms with E-state index in [2.05, 4.69) is 5.32 Å². The second-order valence-corrected chi connectivity index (χ2v) is 4.19. The molecule has 0 spiro atoms. The van der Waals surface area contributed by atoms with Gasteiger partial charge in [0, 0.05) is 13.6 Å². The van der Waals surface area contributed by atoms with E-state index in [0.717, 1.165) is 30.0 Å². The number of rotatable bonds is 4. The molecule has 0 aromatic heterocycles. The molecule has 0 unspecified atom stereocenters. The maximum Gasteiger partial charge on any atom is 0.264 e. The predicted molar refractivity (Wildman–Crippen MR) is 67.8 cm³/mol. The molecule has 0 aliphatic carbocycles. The maximum absolute atomic E-state index is 11.5. The number of fused-ring (bicyclic) bond motifs is 1. The third-order valence-corrected chi connectivity index (χ3v) is 2.98. The number of nitrogens with zero attached hydrogens (tertiary/aromatic N) is 1. The van der Waals surface area contributed by atoms with Crippen LogP contribution in [0.5, 0.6) is 5.75 Å². The van der Waals surface area contributed by atoms with Gasteiger partial charge in [-0.05, 0) is 24.1 Å². The number of halogens is 1. The van der Waals surface area contributed by atoms with Crippen molar-refractivity contribution in [2.75, 3.05) is 31.1 Å². The van der Waals surface area contributed by atoms with E-state index in [1.54, 1.807) is 11.9 Å². The van der Waals surface area contributed by atoms with E-state index in [1.807, 2.05) is 18.2 Å². The molecule has 17 heavy (non-hydrogen) atoms. The molecular weight excluding hydrogens is 240 g/mol. The molecule has 1 aliphatic rings. The molecule has 0 saturated heterocycles. The summed E-state index contributed by atoms with van der Waals surface area (Å²) < 4.78 is 5.36. The fourth-order valence-corrected chi connectivity index (χ4v) is 1.91. The summed E-state index contributed by atoms with van der Waals surface area (Å²) in [6.45, 7) is 0.942. The van der Waals surface area contributed by atoms with Gasteiger partial charge in [-0.3, -0.25) is 4.79 Å². The third kappa shape index (κ3) is 2.70. The average Bonchev–Trinajstić information content (AvgIpc) is 2.35. The van der Waals surface area contributed by atoms with Crippen LogP contribution in [-0.4, -0.2) is 32.1 Å². The number of nitrogens with one attached hydrogen (secondary N) is 1. The van der Waals surface area contributed by atoms with Gasteiger partial charge in [-0.15, -0.1) is 11.6 Å². The Balaban J connectivity index is 2.14. The lowest BCUT2D eigenvalue weighted by Crippen LogP contribution is -2.35. The number of carbonyl (C=O) groups excluding carboxylic acids is 1. The summed E-state index contributed by atoms with van der Waals surface area (Å²) in [6.07, 6.45) is 0.877. The van der Waals surface area contributed by atoms with Gasteiger partial charge in [0.2, 0.25) is 0 Å². The van der Waals surface area contributed by atoms with Crippen molar-refractivity contribution in [3.63, 3.8) is 0 Å². The van der Waals surface area contributed by atoms with Crippen LogP contribution in [0.2, 0.25) is 0 Å². The minimum Gasteiger partial charge on any atom is -0.482 e. The van der Waals surface area contributed by atoms with Gasteiger partial charge in [0.1, 0.15) is 5.75 Å². The van der Waals surface area contributed by atoms with Crippen LogP contribution in [0.25, 0.3) is 0 Å². The molecule has 2 rings (SSSR count). The Kier molecular flexibility index (Phi) is 3.86. The minimum atomic E-state index is -0.0199. The first-order valence-corrected chi connectivity index (χ1v) is 6.05. The molecule has 0 atom stereocenters. The van der Waals surface area contributed by atoms with Crippen LogP contribution < -0.4 is 15.0 Å². The van der Waals surface area contributed by atoms with Crippen LogP contribution >= 0.6 is 11.6 Å². The zero-order valence-electron chi connectivity index (χ0n) is 9.70. The molecule has 1 heterocycles. The Bertz CT molecular complexity index is 423. The summed E-state index contributed by atoms with van der Waals surface area (Å²) >= 11 is 5.54. The van der Waals surface area contributed by atoms with Crippen LogP contribution in [0.3, 0.4) is 0 Å². The molecule has 1 aromatic rings. The van der Waals surface area contributed by atoms with Gasteiger partial charge in [-0.2, -0.15) is 0 Å². The standard InChI is InChI=1S/C12H15ClN2O2/c1-15-10-6-9(4-5-14-8-13)2-3-11(10)17-7-12(15)16/h2-3,6,14H,4-5,7-8H2,1H3. The summed E-state index contributed by atoms with van der Waals surface area (Å²) in [5.74, 6) is 0.745. The largest absolute Gasteiger partial charge is 0.482 e. The van der Waals surface area contributed by atoms with E-state index in [0.29, 0.717) is 6.00 Å². The maximum atomic E-state index is 11.5. The van der Waals surface area contributed by atoms with Gasteiger partial charge in [0.05, 0.1) is 11.7 Å². The Labute approximate surface area is 106 Å².